The first-order valence-electron chi connectivity index (χ1n) is 8.78. The van der Waals surface area contributed by atoms with E-state index in [1.54, 1.807) is 24.5 Å². The number of rotatable bonds is 4. The molecule has 4 heterocycles. The molecular weight excluding hydrogens is 356 g/mol. The van der Waals surface area contributed by atoms with E-state index in [4.69, 9.17) is 15.5 Å². The summed E-state index contributed by atoms with van der Waals surface area (Å²) in [5, 5.41) is 12.5. The Labute approximate surface area is 161 Å². The second-order valence-corrected chi connectivity index (χ2v) is 6.17. The standard InChI is InChI=1S/C19H18N8O/c20-10-14-11-22-4-3-15(14)24-18-9-16(13-1-2-17(21)23-12-13)25-19(26-18)27-5-7-28-8-6-27/h1-4,9,11-12H,5-8H2,(H2,21,23)(H,22,24,25,26). The number of nitrogens with zero attached hydrogens (tertiary/aromatic N) is 6. The molecule has 4 rings (SSSR count). The van der Waals surface area contributed by atoms with Crippen LogP contribution in [0, 0.1) is 11.3 Å². The van der Waals surface area contributed by atoms with Crippen molar-refractivity contribution in [3.05, 3.63) is 48.4 Å². The molecule has 0 aromatic carbocycles. The molecule has 9 nitrogen and oxygen atoms in total. The van der Waals surface area contributed by atoms with Crippen LogP contribution in [0.15, 0.2) is 42.9 Å². The topological polar surface area (TPSA) is 126 Å². The SMILES string of the molecule is N#Cc1cnccc1Nc1cc(-c2ccc(N)nc2)nc(N2CCOCC2)n1. The van der Waals surface area contributed by atoms with Gasteiger partial charge in [0.05, 0.1) is 30.2 Å². The van der Waals surface area contributed by atoms with Crippen LogP contribution in [0.1, 0.15) is 5.56 Å². The summed E-state index contributed by atoms with van der Waals surface area (Å²) in [6.45, 7) is 2.68. The van der Waals surface area contributed by atoms with E-state index in [0.29, 0.717) is 60.8 Å². The Kier molecular flexibility index (Phi) is 4.95. The Balaban J connectivity index is 1.75. The van der Waals surface area contributed by atoms with E-state index in [0.717, 1.165) is 5.56 Å². The maximum Gasteiger partial charge on any atom is 0.228 e. The molecule has 0 saturated carbocycles. The molecule has 0 spiro atoms. The molecule has 140 valence electrons. The fraction of sp³-hybridized carbons (Fsp3) is 0.211. The Morgan fingerprint density at radius 2 is 2.00 bits per heavy atom. The Morgan fingerprint density at radius 1 is 1.14 bits per heavy atom. The minimum Gasteiger partial charge on any atom is -0.384 e. The summed E-state index contributed by atoms with van der Waals surface area (Å²) < 4.78 is 5.43. The van der Waals surface area contributed by atoms with Gasteiger partial charge in [-0.3, -0.25) is 4.98 Å². The Hall–Kier alpha value is -3.77. The second kappa shape index (κ2) is 7.85. The Bertz CT molecular complexity index is 1010. The van der Waals surface area contributed by atoms with Gasteiger partial charge in [-0.25, -0.2) is 9.97 Å². The van der Waals surface area contributed by atoms with Gasteiger partial charge in [0.25, 0.3) is 0 Å². The average molecular weight is 374 g/mol. The lowest BCUT2D eigenvalue weighted by Crippen LogP contribution is -2.37. The summed E-state index contributed by atoms with van der Waals surface area (Å²) in [6.07, 6.45) is 4.81. The predicted octanol–water partition coefficient (Wildman–Crippen LogP) is 1.97. The third-order valence-electron chi connectivity index (χ3n) is 4.29. The summed E-state index contributed by atoms with van der Waals surface area (Å²) in [6, 6.07) is 9.28. The van der Waals surface area contributed by atoms with Crippen molar-refractivity contribution >= 4 is 23.3 Å². The van der Waals surface area contributed by atoms with Crippen LogP contribution in [0.25, 0.3) is 11.3 Å². The number of hydrogen-bond donors (Lipinski definition) is 2. The summed E-state index contributed by atoms with van der Waals surface area (Å²) in [7, 11) is 0. The smallest absolute Gasteiger partial charge is 0.228 e. The summed E-state index contributed by atoms with van der Waals surface area (Å²) in [5.41, 5.74) is 8.30. The van der Waals surface area contributed by atoms with Crippen molar-refractivity contribution < 1.29 is 4.74 Å². The van der Waals surface area contributed by atoms with Crippen LogP contribution in [0.3, 0.4) is 0 Å². The predicted molar refractivity (Wildman–Crippen MR) is 105 cm³/mol. The number of nitriles is 1. The van der Waals surface area contributed by atoms with Crippen LogP contribution in [-0.2, 0) is 4.74 Å². The number of nitrogens with one attached hydrogen (secondary N) is 1. The van der Waals surface area contributed by atoms with Gasteiger partial charge in [0.2, 0.25) is 5.95 Å². The maximum atomic E-state index is 9.31. The third-order valence-corrected chi connectivity index (χ3v) is 4.29. The molecule has 0 unspecified atom stereocenters. The molecule has 3 aromatic rings. The average Bonchev–Trinajstić information content (AvgIpc) is 2.75. The molecule has 1 fully saturated rings. The van der Waals surface area contributed by atoms with E-state index in [9.17, 15) is 5.26 Å². The van der Waals surface area contributed by atoms with Gasteiger partial charge >= 0.3 is 0 Å². The van der Waals surface area contributed by atoms with Crippen LogP contribution in [-0.4, -0.2) is 46.2 Å². The zero-order valence-corrected chi connectivity index (χ0v) is 15.0. The number of pyridine rings is 2. The third kappa shape index (κ3) is 3.82. The fourth-order valence-electron chi connectivity index (χ4n) is 2.84. The first-order chi connectivity index (χ1) is 13.7. The molecule has 0 bridgehead atoms. The van der Waals surface area contributed by atoms with Gasteiger partial charge in [-0.05, 0) is 18.2 Å². The van der Waals surface area contributed by atoms with E-state index < -0.39 is 0 Å². The van der Waals surface area contributed by atoms with Gasteiger partial charge in [0.1, 0.15) is 17.7 Å². The second-order valence-electron chi connectivity index (χ2n) is 6.17. The van der Waals surface area contributed by atoms with E-state index in [1.165, 1.54) is 6.20 Å². The van der Waals surface area contributed by atoms with Crippen LogP contribution < -0.4 is 16.0 Å². The van der Waals surface area contributed by atoms with Crippen molar-refractivity contribution in [1.29, 1.82) is 5.26 Å². The zero-order chi connectivity index (χ0) is 19.3. The quantitative estimate of drug-likeness (QED) is 0.704. The van der Waals surface area contributed by atoms with Crippen LogP contribution in [0.2, 0.25) is 0 Å². The molecule has 28 heavy (non-hydrogen) atoms. The van der Waals surface area contributed by atoms with Crippen LogP contribution in [0.4, 0.5) is 23.3 Å². The summed E-state index contributed by atoms with van der Waals surface area (Å²) in [4.78, 5) is 19.6. The first kappa shape index (κ1) is 17.6. The highest BCUT2D eigenvalue weighted by Gasteiger charge is 2.17. The number of morpholine rings is 1. The monoisotopic (exact) mass is 374 g/mol. The highest BCUT2D eigenvalue weighted by atomic mass is 16.5. The van der Waals surface area contributed by atoms with Crippen molar-refractivity contribution in [1.82, 2.24) is 19.9 Å². The molecule has 0 aliphatic carbocycles. The van der Waals surface area contributed by atoms with E-state index in [-0.39, 0.29) is 0 Å². The van der Waals surface area contributed by atoms with Gasteiger partial charge in [-0.1, -0.05) is 0 Å². The largest absolute Gasteiger partial charge is 0.384 e. The number of hydrogen-bond acceptors (Lipinski definition) is 9. The van der Waals surface area contributed by atoms with Gasteiger partial charge in [0, 0.05) is 43.3 Å². The number of anilines is 4. The summed E-state index contributed by atoms with van der Waals surface area (Å²) in [5.74, 6) is 1.61. The van der Waals surface area contributed by atoms with Gasteiger partial charge < -0.3 is 20.7 Å². The molecule has 9 heteroatoms. The molecule has 3 N–H and O–H groups in total. The van der Waals surface area contributed by atoms with Crippen molar-refractivity contribution in [2.24, 2.45) is 0 Å². The number of nitrogen functional groups attached to an aromatic ring is 1. The maximum absolute atomic E-state index is 9.31. The molecule has 3 aromatic heterocycles. The molecule has 1 aliphatic rings. The lowest BCUT2D eigenvalue weighted by molar-refractivity contribution is 0.122. The zero-order valence-electron chi connectivity index (χ0n) is 15.0. The van der Waals surface area contributed by atoms with Gasteiger partial charge in [0.15, 0.2) is 0 Å². The number of ether oxygens (including phenoxy) is 1. The molecule has 1 aliphatic heterocycles. The molecule has 0 radical (unpaired) electrons. The first-order valence-corrected chi connectivity index (χ1v) is 8.78. The molecule has 1 saturated heterocycles. The van der Waals surface area contributed by atoms with E-state index in [1.807, 2.05) is 12.1 Å². The minimum absolute atomic E-state index is 0.435. The number of nitrogens with two attached hydrogens (primary N) is 1. The highest BCUT2D eigenvalue weighted by molar-refractivity contribution is 5.69. The van der Waals surface area contributed by atoms with Crippen molar-refractivity contribution in [2.75, 3.05) is 42.3 Å². The Morgan fingerprint density at radius 3 is 2.75 bits per heavy atom. The normalized spacial score (nSPS) is 13.8. The van der Waals surface area contributed by atoms with E-state index >= 15 is 0 Å². The van der Waals surface area contributed by atoms with Crippen LogP contribution in [0.5, 0.6) is 0 Å². The van der Waals surface area contributed by atoms with Crippen molar-refractivity contribution in [3.8, 4) is 17.3 Å². The molecular formula is C19H18N8O. The molecule has 0 atom stereocenters. The van der Waals surface area contributed by atoms with Gasteiger partial charge in [-0.15, -0.1) is 0 Å². The molecule has 0 amide bonds. The minimum atomic E-state index is 0.435. The van der Waals surface area contributed by atoms with Crippen molar-refractivity contribution in [2.45, 2.75) is 0 Å². The summed E-state index contributed by atoms with van der Waals surface area (Å²) >= 11 is 0. The van der Waals surface area contributed by atoms with Crippen molar-refractivity contribution in [3.63, 3.8) is 0 Å². The fourth-order valence-corrected chi connectivity index (χ4v) is 2.84. The van der Waals surface area contributed by atoms with Gasteiger partial charge in [-0.2, -0.15) is 10.2 Å². The van der Waals surface area contributed by atoms with E-state index in [2.05, 4.69) is 31.2 Å². The highest BCUT2D eigenvalue weighted by Crippen LogP contribution is 2.26. The lowest BCUT2D eigenvalue weighted by atomic mass is 10.2. The number of aromatic nitrogens is 4. The lowest BCUT2D eigenvalue weighted by Gasteiger charge is -2.27. The van der Waals surface area contributed by atoms with Crippen LogP contribution >= 0.6 is 0 Å².